The van der Waals surface area contributed by atoms with Crippen LogP contribution in [0.2, 0.25) is 0 Å². The summed E-state index contributed by atoms with van der Waals surface area (Å²) in [5.74, 6) is -0.277. The number of methoxy groups -OCH3 is 1. The molecule has 21 heavy (non-hydrogen) atoms. The van der Waals surface area contributed by atoms with Gasteiger partial charge in [0.05, 0.1) is 18.5 Å². The molecule has 0 bridgehead atoms. The van der Waals surface area contributed by atoms with Crippen LogP contribution in [0, 0.1) is 5.82 Å². The van der Waals surface area contributed by atoms with Gasteiger partial charge in [-0.05, 0) is 36.4 Å². The molecule has 0 unspecified atom stereocenters. The lowest BCUT2D eigenvalue weighted by Gasteiger charge is -2.07. The number of benzene rings is 1. The summed E-state index contributed by atoms with van der Waals surface area (Å²) in [5.41, 5.74) is 1.22. The minimum absolute atomic E-state index is 0.331. The number of ether oxygens (including phenoxy) is 1. The fraction of sp³-hybridized carbons (Fsp3) is 0.200. The van der Waals surface area contributed by atoms with Crippen LogP contribution in [-0.2, 0) is 4.74 Å². The average Bonchev–Trinajstić information content (AvgIpc) is 2.50. The van der Waals surface area contributed by atoms with Crippen molar-refractivity contribution in [2.24, 2.45) is 0 Å². The Hall–Kier alpha value is -2.47. The van der Waals surface area contributed by atoms with Crippen LogP contribution in [0.1, 0.15) is 10.4 Å². The van der Waals surface area contributed by atoms with Gasteiger partial charge in [0.2, 0.25) is 0 Å². The minimum Gasteiger partial charge on any atom is -0.383 e. The first-order valence-electron chi connectivity index (χ1n) is 6.45. The van der Waals surface area contributed by atoms with E-state index in [9.17, 15) is 9.18 Å². The van der Waals surface area contributed by atoms with E-state index in [1.54, 1.807) is 19.4 Å². The van der Waals surface area contributed by atoms with Gasteiger partial charge in [-0.2, -0.15) is 0 Å². The molecule has 1 aromatic carbocycles. The topological polar surface area (TPSA) is 63.2 Å². The Morgan fingerprint density at radius 3 is 2.62 bits per heavy atom. The van der Waals surface area contributed by atoms with Gasteiger partial charge >= 0.3 is 0 Å². The lowest BCUT2D eigenvalue weighted by atomic mass is 10.2. The molecule has 2 aromatic rings. The average molecular weight is 289 g/mol. The van der Waals surface area contributed by atoms with E-state index in [1.165, 1.54) is 24.3 Å². The van der Waals surface area contributed by atoms with Gasteiger partial charge in [0.1, 0.15) is 11.6 Å². The van der Waals surface area contributed by atoms with Crippen LogP contribution in [0.25, 0.3) is 0 Å². The van der Waals surface area contributed by atoms with Crippen molar-refractivity contribution in [1.82, 2.24) is 4.98 Å². The van der Waals surface area contributed by atoms with Crippen LogP contribution < -0.4 is 10.6 Å². The molecule has 1 heterocycles. The molecular weight excluding hydrogens is 273 g/mol. The lowest BCUT2D eigenvalue weighted by molar-refractivity contribution is 0.102. The largest absolute Gasteiger partial charge is 0.383 e. The molecule has 0 saturated heterocycles. The normalized spacial score (nSPS) is 10.2. The van der Waals surface area contributed by atoms with Gasteiger partial charge in [-0.1, -0.05) is 0 Å². The first-order valence-corrected chi connectivity index (χ1v) is 6.45. The molecule has 2 rings (SSSR count). The molecule has 6 heteroatoms. The number of anilines is 2. The van der Waals surface area contributed by atoms with E-state index in [-0.39, 0.29) is 11.7 Å². The Kier molecular flexibility index (Phi) is 5.22. The third kappa shape index (κ3) is 4.54. The summed E-state index contributed by atoms with van der Waals surface area (Å²) in [6.07, 6.45) is 1.62. The molecular formula is C15H16FN3O2. The van der Waals surface area contributed by atoms with E-state index >= 15 is 0 Å². The number of hydrogen-bond acceptors (Lipinski definition) is 4. The van der Waals surface area contributed by atoms with Crippen LogP contribution in [0.5, 0.6) is 0 Å². The van der Waals surface area contributed by atoms with E-state index < -0.39 is 0 Å². The SMILES string of the molecule is COCCNc1ccc(NC(=O)c2ccc(F)cc2)nc1. The molecule has 0 atom stereocenters. The molecule has 1 aromatic heterocycles. The molecule has 0 aliphatic heterocycles. The number of carbonyl (C=O) groups excluding carboxylic acids is 1. The standard InChI is InChI=1S/C15H16FN3O2/c1-21-9-8-17-13-6-7-14(18-10-13)19-15(20)11-2-4-12(16)5-3-11/h2-7,10,17H,8-9H2,1H3,(H,18,19,20). The molecule has 0 fully saturated rings. The van der Waals surface area contributed by atoms with Crippen LogP contribution in [-0.4, -0.2) is 31.2 Å². The quantitative estimate of drug-likeness (QED) is 0.802. The zero-order chi connectivity index (χ0) is 15.1. The van der Waals surface area contributed by atoms with Gasteiger partial charge in [-0.15, -0.1) is 0 Å². The second-order valence-electron chi connectivity index (χ2n) is 4.31. The first-order chi connectivity index (χ1) is 10.2. The second-order valence-corrected chi connectivity index (χ2v) is 4.31. The van der Waals surface area contributed by atoms with Crippen LogP contribution in [0.15, 0.2) is 42.6 Å². The van der Waals surface area contributed by atoms with Crippen LogP contribution in [0.4, 0.5) is 15.9 Å². The number of amides is 1. The molecule has 0 saturated carbocycles. The maximum absolute atomic E-state index is 12.8. The predicted molar refractivity (Wildman–Crippen MR) is 79.0 cm³/mol. The maximum Gasteiger partial charge on any atom is 0.256 e. The Morgan fingerprint density at radius 2 is 2.00 bits per heavy atom. The number of nitrogens with one attached hydrogen (secondary N) is 2. The molecule has 0 spiro atoms. The number of rotatable bonds is 6. The summed E-state index contributed by atoms with van der Waals surface area (Å²) in [5, 5.41) is 5.77. The van der Waals surface area contributed by atoms with E-state index in [0.29, 0.717) is 24.5 Å². The number of hydrogen-bond donors (Lipinski definition) is 2. The molecule has 1 amide bonds. The fourth-order valence-corrected chi connectivity index (χ4v) is 1.66. The van der Waals surface area contributed by atoms with Crippen molar-refractivity contribution in [1.29, 1.82) is 0 Å². The van der Waals surface area contributed by atoms with E-state index in [0.717, 1.165) is 5.69 Å². The Morgan fingerprint density at radius 1 is 1.24 bits per heavy atom. The highest BCUT2D eigenvalue weighted by atomic mass is 19.1. The predicted octanol–water partition coefficient (Wildman–Crippen LogP) is 2.53. The third-order valence-corrected chi connectivity index (χ3v) is 2.75. The summed E-state index contributed by atoms with van der Waals surface area (Å²) in [6.45, 7) is 1.28. The van der Waals surface area contributed by atoms with Crippen molar-refractivity contribution < 1.29 is 13.9 Å². The first kappa shape index (κ1) is 14.9. The molecule has 0 aliphatic carbocycles. The highest BCUT2D eigenvalue weighted by Crippen LogP contribution is 2.11. The summed E-state index contributed by atoms with van der Waals surface area (Å²) >= 11 is 0. The summed E-state index contributed by atoms with van der Waals surface area (Å²) < 4.78 is 17.7. The molecule has 110 valence electrons. The van der Waals surface area contributed by atoms with E-state index in [1.807, 2.05) is 6.07 Å². The molecule has 5 nitrogen and oxygen atoms in total. The van der Waals surface area contributed by atoms with Gasteiger partial charge in [0.15, 0.2) is 0 Å². The lowest BCUT2D eigenvalue weighted by Crippen LogP contribution is -2.13. The number of nitrogens with zero attached hydrogens (tertiary/aromatic N) is 1. The number of carbonyl (C=O) groups is 1. The summed E-state index contributed by atoms with van der Waals surface area (Å²) in [4.78, 5) is 16.0. The number of halogens is 1. The minimum atomic E-state index is -0.379. The highest BCUT2D eigenvalue weighted by molar-refractivity contribution is 6.03. The zero-order valence-electron chi connectivity index (χ0n) is 11.6. The van der Waals surface area contributed by atoms with Crippen molar-refractivity contribution in [3.8, 4) is 0 Å². The molecule has 0 radical (unpaired) electrons. The maximum atomic E-state index is 12.8. The Labute approximate surface area is 122 Å². The molecule has 0 aliphatic rings. The summed E-state index contributed by atoms with van der Waals surface area (Å²) in [7, 11) is 1.63. The van der Waals surface area contributed by atoms with Gasteiger partial charge < -0.3 is 15.4 Å². The van der Waals surface area contributed by atoms with Gasteiger partial charge in [-0.3, -0.25) is 4.79 Å². The van der Waals surface area contributed by atoms with Gasteiger partial charge in [0.25, 0.3) is 5.91 Å². The molecule has 2 N–H and O–H groups in total. The van der Waals surface area contributed by atoms with Gasteiger partial charge in [0, 0.05) is 19.2 Å². The van der Waals surface area contributed by atoms with Crippen molar-refractivity contribution in [2.45, 2.75) is 0 Å². The van der Waals surface area contributed by atoms with Crippen LogP contribution in [0.3, 0.4) is 0 Å². The Balaban J connectivity index is 1.93. The number of aromatic nitrogens is 1. The van der Waals surface area contributed by atoms with Crippen LogP contribution >= 0.6 is 0 Å². The summed E-state index contributed by atoms with van der Waals surface area (Å²) in [6, 6.07) is 8.83. The monoisotopic (exact) mass is 289 g/mol. The van der Waals surface area contributed by atoms with Crippen molar-refractivity contribution in [3.05, 3.63) is 54.0 Å². The van der Waals surface area contributed by atoms with Crippen molar-refractivity contribution in [3.63, 3.8) is 0 Å². The zero-order valence-corrected chi connectivity index (χ0v) is 11.6. The highest BCUT2D eigenvalue weighted by Gasteiger charge is 2.06. The third-order valence-electron chi connectivity index (χ3n) is 2.75. The van der Waals surface area contributed by atoms with Gasteiger partial charge in [-0.25, -0.2) is 9.37 Å². The Bertz CT molecular complexity index is 585. The number of pyridine rings is 1. The fourth-order valence-electron chi connectivity index (χ4n) is 1.66. The van der Waals surface area contributed by atoms with Crippen molar-refractivity contribution in [2.75, 3.05) is 30.9 Å². The van der Waals surface area contributed by atoms with E-state index in [2.05, 4.69) is 15.6 Å². The van der Waals surface area contributed by atoms with E-state index in [4.69, 9.17) is 4.74 Å². The second kappa shape index (κ2) is 7.35. The smallest absolute Gasteiger partial charge is 0.256 e. The van der Waals surface area contributed by atoms with Crippen molar-refractivity contribution >= 4 is 17.4 Å².